The third-order valence-electron chi connectivity index (χ3n) is 5.85. The van der Waals surface area contributed by atoms with Gasteiger partial charge in [0.2, 0.25) is 0 Å². The van der Waals surface area contributed by atoms with Crippen molar-refractivity contribution in [3.63, 3.8) is 0 Å². The fourth-order valence-corrected chi connectivity index (χ4v) is 5.51. The van der Waals surface area contributed by atoms with Gasteiger partial charge in [-0.15, -0.1) is 11.3 Å². The third kappa shape index (κ3) is 4.65. The van der Waals surface area contributed by atoms with E-state index in [0.29, 0.717) is 18.6 Å². The number of fused-ring (bicyclic) bond motifs is 1. The van der Waals surface area contributed by atoms with E-state index in [9.17, 15) is 4.79 Å². The van der Waals surface area contributed by atoms with Crippen molar-refractivity contribution in [1.29, 1.82) is 0 Å². The Labute approximate surface area is 161 Å². The van der Waals surface area contributed by atoms with E-state index in [2.05, 4.69) is 14.8 Å². The normalized spacial score (nSPS) is 23.7. The molecule has 3 heterocycles. The van der Waals surface area contributed by atoms with E-state index in [1.165, 1.54) is 56.5 Å². The summed E-state index contributed by atoms with van der Waals surface area (Å²) >= 11 is 1.53. The first kappa shape index (κ1) is 19.8. The van der Waals surface area contributed by atoms with Gasteiger partial charge in [-0.1, -0.05) is 6.42 Å². The molecule has 2 unspecified atom stereocenters. The summed E-state index contributed by atoms with van der Waals surface area (Å²) in [4.78, 5) is 23.3. The predicted molar refractivity (Wildman–Crippen MR) is 106 cm³/mol. The van der Waals surface area contributed by atoms with Crippen LogP contribution in [0.1, 0.15) is 58.9 Å². The molecule has 0 spiro atoms. The Morgan fingerprint density at radius 2 is 2.08 bits per heavy atom. The Morgan fingerprint density at radius 3 is 2.81 bits per heavy atom. The summed E-state index contributed by atoms with van der Waals surface area (Å²) in [5.41, 5.74) is 0.872. The lowest BCUT2D eigenvalue weighted by Gasteiger charge is -2.45. The van der Waals surface area contributed by atoms with Crippen LogP contribution in [0.4, 0.5) is 0 Å². The van der Waals surface area contributed by atoms with Crippen molar-refractivity contribution in [1.82, 2.24) is 14.8 Å². The molecule has 146 valence electrons. The topological polar surface area (TPSA) is 45.7 Å². The highest BCUT2D eigenvalue weighted by Crippen LogP contribution is 2.32. The number of thiazole rings is 1. The van der Waals surface area contributed by atoms with Gasteiger partial charge in [0.1, 0.15) is 4.88 Å². The second kappa shape index (κ2) is 9.29. The molecule has 26 heavy (non-hydrogen) atoms. The number of nitrogens with zero attached hydrogens (tertiary/aromatic N) is 3. The summed E-state index contributed by atoms with van der Waals surface area (Å²) in [5.74, 6) is 0.766. The van der Waals surface area contributed by atoms with Gasteiger partial charge in [-0.3, -0.25) is 4.79 Å². The van der Waals surface area contributed by atoms with Crippen LogP contribution in [-0.4, -0.2) is 66.6 Å². The zero-order chi connectivity index (χ0) is 18.5. The lowest BCUT2D eigenvalue weighted by Crippen LogP contribution is -2.51. The maximum atomic E-state index is 13.2. The number of amides is 1. The fourth-order valence-electron chi connectivity index (χ4n) is 4.62. The van der Waals surface area contributed by atoms with Crippen LogP contribution in [0.3, 0.4) is 0 Å². The zero-order valence-electron chi connectivity index (χ0n) is 16.5. The van der Waals surface area contributed by atoms with Gasteiger partial charge in [-0.2, -0.15) is 0 Å². The Morgan fingerprint density at radius 1 is 1.27 bits per heavy atom. The number of hydrogen-bond acceptors (Lipinski definition) is 5. The first-order chi connectivity index (χ1) is 12.6. The number of aromatic nitrogens is 1. The van der Waals surface area contributed by atoms with Crippen molar-refractivity contribution >= 4 is 17.2 Å². The smallest absolute Gasteiger partial charge is 0.265 e. The highest BCUT2D eigenvalue weighted by Gasteiger charge is 2.35. The van der Waals surface area contributed by atoms with Gasteiger partial charge in [-0.25, -0.2) is 4.98 Å². The molecule has 1 aromatic heterocycles. The second-order valence-corrected chi connectivity index (χ2v) is 8.95. The predicted octanol–water partition coefficient (Wildman–Crippen LogP) is 3.50. The molecule has 2 saturated heterocycles. The number of rotatable bonds is 7. The molecule has 0 saturated carbocycles. The summed E-state index contributed by atoms with van der Waals surface area (Å²) in [6.45, 7) is 8.76. The standard InChI is InChI=1S/C20H33N3O2S/c1-15-19(26-16(2)21-15)20(24)23(12-7-13-25-3)14-17-8-6-11-22-10-5-4-9-18(17)22/h17-18H,4-14H2,1-3H3. The van der Waals surface area contributed by atoms with Crippen LogP contribution in [0.2, 0.25) is 0 Å². The van der Waals surface area contributed by atoms with Crippen molar-refractivity contribution in [2.45, 2.75) is 58.4 Å². The van der Waals surface area contributed by atoms with E-state index >= 15 is 0 Å². The van der Waals surface area contributed by atoms with Crippen molar-refractivity contribution in [3.8, 4) is 0 Å². The van der Waals surface area contributed by atoms with Crippen molar-refractivity contribution in [3.05, 3.63) is 15.6 Å². The molecule has 2 aliphatic heterocycles. The number of methoxy groups -OCH3 is 1. The average molecular weight is 380 g/mol. The molecule has 3 rings (SSSR count). The third-order valence-corrected chi connectivity index (χ3v) is 6.91. The number of piperidine rings is 2. The minimum atomic E-state index is 0.164. The Hall–Kier alpha value is -0.980. The first-order valence-electron chi connectivity index (χ1n) is 10.1. The summed E-state index contributed by atoms with van der Waals surface area (Å²) in [7, 11) is 1.73. The van der Waals surface area contributed by atoms with Gasteiger partial charge in [0.15, 0.2) is 0 Å². The summed E-state index contributed by atoms with van der Waals surface area (Å²) in [5, 5.41) is 0.971. The molecule has 5 nitrogen and oxygen atoms in total. The molecule has 1 amide bonds. The Bertz CT molecular complexity index is 602. The highest BCUT2D eigenvalue weighted by atomic mass is 32.1. The minimum absolute atomic E-state index is 0.164. The number of aryl methyl sites for hydroxylation is 2. The number of carbonyl (C=O) groups excluding carboxylic acids is 1. The number of ether oxygens (including phenoxy) is 1. The lowest BCUT2D eigenvalue weighted by molar-refractivity contribution is 0.0348. The quantitative estimate of drug-likeness (QED) is 0.680. The molecule has 0 bridgehead atoms. The van der Waals surface area contributed by atoms with Crippen molar-refractivity contribution in [2.24, 2.45) is 5.92 Å². The van der Waals surface area contributed by atoms with Crippen LogP contribution in [0.15, 0.2) is 0 Å². The molecule has 0 aliphatic carbocycles. The molecule has 1 aromatic rings. The molecule has 2 fully saturated rings. The van der Waals surface area contributed by atoms with Gasteiger partial charge in [0.05, 0.1) is 10.7 Å². The van der Waals surface area contributed by atoms with E-state index in [4.69, 9.17) is 4.74 Å². The van der Waals surface area contributed by atoms with Crippen LogP contribution in [0.5, 0.6) is 0 Å². The van der Waals surface area contributed by atoms with Crippen LogP contribution in [0.25, 0.3) is 0 Å². The monoisotopic (exact) mass is 379 g/mol. The molecule has 0 radical (unpaired) electrons. The molecular formula is C20H33N3O2S. The van der Waals surface area contributed by atoms with Gasteiger partial charge >= 0.3 is 0 Å². The fraction of sp³-hybridized carbons (Fsp3) is 0.800. The van der Waals surface area contributed by atoms with Gasteiger partial charge in [0, 0.05) is 32.8 Å². The van der Waals surface area contributed by atoms with Crippen LogP contribution in [0, 0.1) is 19.8 Å². The number of carbonyl (C=O) groups is 1. The van der Waals surface area contributed by atoms with E-state index < -0.39 is 0 Å². The summed E-state index contributed by atoms with van der Waals surface area (Å²) in [6.07, 6.45) is 7.36. The van der Waals surface area contributed by atoms with Gasteiger partial charge in [-0.05, 0) is 65.0 Å². The first-order valence-corrected chi connectivity index (χ1v) is 10.9. The van der Waals surface area contributed by atoms with E-state index in [0.717, 1.165) is 35.1 Å². The molecule has 0 aromatic carbocycles. The maximum Gasteiger partial charge on any atom is 0.265 e. The van der Waals surface area contributed by atoms with Crippen LogP contribution < -0.4 is 0 Å². The van der Waals surface area contributed by atoms with Crippen molar-refractivity contribution in [2.75, 3.05) is 39.9 Å². The number of hydrogen-bond donors (Lipinski definition) is 0. The lowest BCUT2D eigenvalue weighted by atomic mass is 9.83. The average Bonchev–Trinajstić information content (AvgIpc) is 2.99. The maximum absolute atomic E-state index is 13.2. The highest BCUT2D eigenvalue weighted by molar-refractivity contribution is 7.13. The Kier molecular flexibility index (Phi) is 7.06. The van der Waals surface area contributed by atoms with E-state index in [-0.39, 0.29) is 5.91 Å². The molecular weight excluding hydrogens is 346 g/mol. The van der Waals surface area contributed by atoms with Gasteiger partial charge < -0.3 is 14.5 Å². The van der Waals surface area contributed by atoms with Crippen LogP contribution >= 0.6 is 11.3 Å². The second-order valence-electron chi connectivity index (χ2n) is 7.75. The molecule has 6 heteroatoms. The van der Waals surface area contributed by atoms with Crippen molar-refractivity contribution < 1.29 is 9.53 Å². The zero-order valence-corrected chi connectivity index (χ0v) is 17.3. The summed E-state index contributed by atoms with van der Waals surface area (Å²) in [6, 6.07) is 0.666. The van der Waals surface area contributed by atoms with E-state index in [1.807, 2.05) is 13.8 Å². The molecule has 0 N–H and O–H groups in total. The van der Waals surface area contributed by atoms with Crippen LogP contribution in [-0.2, 0) is 4.74 Å². The Balaban J connectivity index is 1.72. The van der Waals surface area contributed by atoms with Gasteiger partial charge in [0.25, 0.3) is 5.91 Å². The summed E-state index contributed by atoms with van der Waals surface area (Å²) < 4.78 is 5.23. The minimum Gasteiger partial charge on any atom is -0.385 e. The largest absolute Gasteiger partial charge is 0.385 e. The molecule has 2 aliphatic rings. The SMILES string of the molecule is COCCCN(CC1CCCN2CCCCC12)C(=O)c1sc(C)nc1C. The van der Waals surface area contributed by atoms with E-state index in [1.54, 1.807) is 7.11 Å². The molecule has 2 atom stereocenters.